The van der Waals surface area contributed by atoms with Crippen LogP contribution in [-0.4, -0.2) is 48.7 Å². The number of nitrogens with zero attached hydrogens (tertiary/aromatic N) is 2. The third kappa shape index (κ3) is 3.46. The monoisotopic (exact) mass is 343 g/mol. The zero-order valence-electron chi connectivity index (χ0n) is 14.1. The molecule has 1 N–H and O–H groups in total. The van der Waals surface area contributed by atoms with E-state index in [1.807, 2.05) is 0 Å². The van der Waals surface area contributed by atoms with Gasteiger partial charge in [-0.1, -0.05) is 0 Å². The molecule has 3 aliphatic rings. The molecule has 2 bridgehead atoms. The lowest BCUT2D eigenvalue weighted by atomic mass is 9.84. The zero-order chi connectivity index (χ0) is 17.2. The Balaban J connectivity index is 1.37. The van der Waals surface area contributed by atoms with E-state index in [-0.39, 0.29) is 17.9 Å². The Bertz CT molecular complexity index is 735. The van der Waals surface area contributed by atoms with Gasteiger partial charge in [0.25, 0.3) is 11.8 Å². The van der Waals surface area contributed by atoms with Gasteiger partial charge in [0.05, 0.1) is 13.2 Å². The first-order valence-electron chi connectivity index (χ1n) is 8.53. The smallest absolute Gasteiger partial charge is 0.314 e. The third-order valence-corrected chi connectivity index (χ3v) is 4.98. The van der Waals surface area contributed by atoms with E-state index in [0.29, 0.717) is 23.1 Å². The van der Waals surface area contributed by atoms with Gasteiger partial charge in [0.1, 0.15) is 5.75 Å². The van der Waals surface area contributed by atoms with Crippen molar-refractivity contribution in [3.63, 3.8) is 0 Å². The van der Waals surface area contributed by atoms with Crippen molar-refractivity contribution in [1.29, 1.82) is 0 Å². The summed E-state index contributed by atoms with van der Waals surface area (Å²) in [4.78, 5) is 14.9. The highest BCUT2D eigenvalue weighted by atomic mass is 16.6. The summed E-state index contributed by atoms with van der Waals surface area (Å²) in [6.45, 7) is 3.29. The van der Waals surface area contributed by atoms with Gasteiger partial charge in [-0.25, -0.2) is 0 Å². The minimum Gasteiger partial charge on any atom is -0.467 e. The number of aromatic nitrogens is 1. The Morgan fingerprint density at radius 3 is 2.64 bits per heavy atom. The van der Waals surface area contributed by atoms with Crippen molar-refractivity contribution in [2.45, 2.75) is 18.9 Å². The fourth-order valence-electron chi connectivity index (χ4n) is 3.56. The molecule has 1 amide bonds. The van der Waals surface area contributed by atoms with Crippen LogP contribution in [-0.2, 0) is 0 Å². The molecule has 7 heteroatoms. The number of hydrogen-bond donors (Lipinski definition) is 1. The van der Waals surface area contributed by atoms with E-state index in [2.05, 4.69) is 15.4 Å². The summed E-state index contributed by atoms with van der Waals surface area (Å²) in [7, 11) is 1.49. The predicted octanol–water partition coefficient (Wildman–Crippen LogP) is 2.30. The first kappa shape index (κ1) is 16.0. The molecule has 7 nitrogen and oxygen atoms in total. The molecule has 1 aromatic carbocycles. The number of carbonyl (C=O) groups is 1. The van der Waals surface area contributed by atoms with E-state index < -0.39 is 0 Å². The van der Waals surface area contributed by atoms with Gasteiger partial charge in [-0.15, -0.1) is 0 Å². The number of carbonyl (C=O) groups excluding carboxylic acids is 1. The SMILES string of the molecule is COc1cc(Oc2ccc(C(=O)N[C@H]3CN4CCC3CC4)cc2)no1. The van der Waals surface area contributed by atoms with Gasteiger partial charge in [0.2, 0.25) is 0 Å². The van der Waals surface area contributed by atoms with Crippen molar-refractivity contribution >= 4 is 5.91 Å². The number of ether oxygens (including phenoxy) is 2. The summed E-state index contributed by atoms with van der Waals surface area (Å²) >= 11 is 0. The summed E-state index contributed by atoms with van der Waals surface area (Å²) in [6, 6.07) is 8.80. The van der Waals surface area contributed by atoms with E-state index in [4.69, 9.17) is 14.0 Å². The lowest BCUT2D eigenvalue weighted by Gasteiger charge is -2.44. The molecular weight excluding hydrogens is 322 g/mol. The van der Waals surface area contributed by atoms with Crippen molar-refractivity contribution in [3.8, 4) is 17.6 Å². The fraction of sp³-hybridized carbons (Fsp3) is 0.444. The van der Waals surface area contributed by atoms with Gasteiger partial charge in [-0.05, 0) is 61.3 Å². The van der Waals surface area contributed by atoms with Crippen LogP contribution in [0.25, 0.3) is 0 Å². The highest BCUT2D eigenvalue weighted by Crippen LogP contribution is 2.28. The first-order chi connectivity index (χ1) is 12.2. The maximum absolute atomic E-state index is 12.5. The van der Waals surface area contributed by atoms with Crippen molar-refractivity contribution < 1.29 is 18.8 Å². The van der Waals surface area contributed by atoms with Crippen molar-refractivity contribution in [1.82, 2.24) is 15.4 Å². The molecule has 2 aromatic rings. The van der Waals surface area contributed by atoms with Crippen LogP contribution in [0.4, 0.5) is 0 Å². The Kier molecular flexibility index (Phi) is 4.31. The quantitative estimate of drug-likeness (QED) is 0.898. The fourth-order valence-corrected chi connectivity index (χ4v) is 3.56. The Labute approximate surface area is 145 Å². The third-order valence-electron chi connectivity index (χ3n) is 4.98. The summed E-state index contributed by atoms with van der Waals surface area (Å²) in [5, 5.41) is 6.91. The van der Waals surface area contributed by atoms with Crippen LogP contribution in [0.2, 0.25) is 0 Å². The molecule has 3 fully saturated rings. The minimum absolute atomic E-state index is 0.0339. The number of benzene rings is 1. The molecule has 132 valence electrons. The molecule has 1 aromatic heterocycles. The summed E-state index contributed by atoms with van der Waals surface area (Å²) < 4.78 is 15.4. The van der Waals surface area contributed by atoms with Crippen LogP contribution in [0, 0.1) is 5.92 Å². The van der Waals surface area contributed by atoms with Crippen LogP contribution >= 0.6 is 0 Å². The molecule has 1 atom stereocenters. The lowest BCUT2D eigenvalue weighted by molar-refractivity contribution is 0.0620. The molecule has 3 saturated heterocycles. The molecule has 4 heterocycles. The largest absolute Gasteiger partial charge is 0.467 e. The van der Waals surface area contributed by atoms with Crippen LogP contribution in [0.1, 0.15) is 23.2 Å². The molecule has 0 aliphatic carbocycles. The normalized spacial score (nSPS) is 24.8. The second-order valence-electron chi connectivity index (χ2n) is 6.53. The Hall–Kier alpha value is -2.54. The number of amides is 1. The number of hydrogen-bond acceptors (Lipinski definition) is 6. The Morgan fingerprint density at radius 2 is 2.04 bits per heavy atom. The first-order valence-corrected chi connectivity index (χ1v) is 8.53. The van der Waals surface area contributed by atoms with Gasteiger partial charge in [-0.2, -0.15) is 0 Å². The maximum Gasteiger partial charge on any atom is 0.314 e. The molecule has 0 spiro atoms. The van der Waals surface area contributed by atoms with Crippen molar-refractivity contribution in [3.05, 3.63) is 35.9 Å². The molecule has 0 saturated carbocycles. The van der Waals surface area contributed by atoms with Crippen LogP contribution in [0.15, 0.2) is 34.9 Å². The minimum atomic E-state index is -0.0339. The van der Waals surface area contributed by atoms with Crippen LogP contribution in [0.5, 0.6) is 17.6 Å². The van der Waals surface area contributed by atoms with Crippen LogP contribution in [0.3, 0.4) is 0 Å². The van der Waals surface area contributed by atoms with E-state index >= 15 is 0 Å². The van der Waals surface area contributed by atoms with Gasteiger partial charge < -0.3 is 24.2 Å². The molecule has 25 heavy (non-hydrogen) atoms. The second kappa shape index (κ2) is 6.76. The average Bonchev–Trinajstić information content (AvgIpc) is 3.11. The highest BCUT2D eigenvalue weighted by Gasteiger charge is 2.34. The molecule has 3 aliphatic heterocycles. The topological polar surface area (TPSA) is 76.8 Å². The van der Waals surface area contributed by atoms with E-state index in [1.54, 1.807) is 30.3 Å². The number of piperidine rings is 3. The standard InChI is InChI=1S/C18H21N3O4/c1-23-17-10-16(20-25-17)24-14-4-2-13(3-5-14)18(22)19-15-11-21-8-6-12(15)7-9-21/h2-5,10,12,15H,6-9,11H2,1H3,(H,19,22)/t15-/m0/s1. The number of fused-ring (bicyclic) bond motifs is 3. The number of rotatable bonds is 5. The van der Waals surface area contributed by atoms with Gasteiger partial charge in [0, 0.05) is 18.2 Å². The summed E-state index contributed by atoms with van der Waals surface area (Å²) in [5.41, 5.74) is 0.626. The van der Waals surface area contributed by atoms with E-state index in [0.717, 1.165) is 19.6 Å². The second-order valence-corrected chi connectivity index (χ2v) is 6.53. The predicted molar refractivity (Wildman–Crippen MR) is 90.0 cm³/mol. The number of nitrogens with one attached hydrogen (secondary N) is 1. The average molecular weight is 343 g/mol. The Morgan fingerprint density at radius 1 is 1.28 bits per heavy atom. The highest BCUT2D eigenvalue weighted by molar-refractivity contribution is 5.94. The zero-order valence-corrected chi connectivity index (χ0v) is 14.1. The maximum atomic E-state index is 12.5. The molecular formula is C18H21N3O4. The summed E-state index contributed by atoms with van der Waals surface area (Å²) in [5.74, 6) is 1.74. The van der Waals surface area contributed by atoms with Crippen molar-refractivity contribution in [2.24, 2.45) is 5.92 Å². The molecule has 0 radical (unpaired) electrons. The van der Waals surface area contributed by atoms with Crippen LogP contribution < -0.4 is 14.8 Å². The van der Waals surface area contributed by atoms with Crippen molar-refractivity contribution in [2.75, 3.05) is 26.7 Å². The number of methoxy groups -OCH3 is 1. The summed E-state index contributed by atoms with van der Waals surface area (Å²) in [6.07, 6.45) is 2.36. The lowest BCUT2D eigenvalue weighted by Crippen LogP contribution is -2.57. The molecule has 5 rings (SSSR count). The van der Waals surface area contributed by atoms with Gasteiger partial charge >= 0.3 is 5.95 Å². The van der Waals surface area contributed by atoms with Gasteiger partial charge in [0.15, 0.2) is 0 Å². The van der Waals surface area contributed by atoms with E-state index in [9.17, 15) is 4.79 Å². The van der Waals surface area contributed by atoms with Gasteiger partial charge in [-0.3, -0.25) is 4.79 Å². The molecule has 0 unspecified atom stereocenters. The van der Waals surface area contributed by atoms with E-state index in [1.165, 1.54) is 20.0 Å².